The van der Waals surface area contributed by atoms with Gasteiger partial charge in [0.2, 0.25) is 0 Å². The average Bonchev–Trinajstić information content (AvgIpc) is 1.67. The predicted molar refractivity (Wildman–Crippen MR) is 23.7 cm³/mol. The molecule has 2 N–H and O–H groups in total. The van der Waals surface area contributed by atoms with Gasteiger partial charge in [0.25, 0.3) is 0 Å². The Labute approximate surface area is 46.3 Å². The highest BCUT2D eigenvalue weighted by atomic mass is 16.4. The van der Waals surface area contributed by atoms with Crippen LogP contribution in [0.3, 0.4) is 0 Å². The molecule has 4 nitrogen and oxygen atoms in total. The second-order valence-electron chi connectivity index (χ2n) is 1.33. The molecule has 0 radical (unpaired) electrons. The van der Waals surface area contributed by atoms with Gasteiger partial charge >= 0.3 is 0 Å². The summed E-state index contributed by atoms with van der Waals surface area (Å²) in [6, 6.07) is -1.15. The van der Waals surface area contributed by atoms with Crippen LogP contribution < -0.4 is 10.8 Å². The van der Waals surface area contributed by atoms with E-state index >= 15 is 0 Å². The zero-order valence-electron chi connectivity index (χ0n) is 4.16. The third-order valence-electron chi connectivity index (χ3n) is 0.653. The van der Waals surface area contributed by atoms with Gasteiger partial charge in [0.05, 0.1) is 12.0 Å². The summed E-state index contributed by atoms with van der Waals surface area (Å²) < 4.78 is 0. The molecule has 0 aromatic carbocycles. The molecule has 0 fully saturated rings. The highest BCUT2D eigenvalue weighted by molar-refractivity contribution is 5.74. The first-order valence-electron chi connectivity index (χ1n) is 2.08. The van der Waals surface area contributed by atoms with Gasteiger partial charge in [0, 0.05) is 6.42 Å². The van der Waals surface area contributed by atoms with Gasteiger partial charge in [-0.3, -0.25) is 0 Å². The van der Waals surface area contributed by atoms with E-state index in [1.54, 1.807) is 0 Å². The molecule has 8 heavy (non-hydrogen) atoms. The quantitative estimate of drug-likeness (QED) is 0.418. The molecule has 0 amide bonds. The molecule has 0 bridgehead atoms. The van der Waals surface area contributed by atoms with E-state index in [1.165, 1.54) is 0 Å². The summed E-state index contributed by atoms with van der Waals surface area (Å²) in [6.45, 7) is 0. The number of hydrogen-bond donors (Lipinski definition) is 1. The lowest BCUT2D eigenvalue weighted by atomic mass is 10.2. The molecule has 0 rings (SSSR count). The first kappa shape index (κ1) is 7.10. The summed E-state index contributed by atoms with van der Waals surface area (Å²) in [4.78, 5) is 19.2. The molecule has 0 aromatic rings. The fourth-order valence-corrected chi connectivity index (χ4v) is 0.200. The SMILES string of the molecule is NC(CC=O)C(=O)[O-]. The first-order valence-corrected chi connectivity index (χ1v) is 2.08. The van der Waals surface area contributed by atoms with Crippen molar-refractivity contribution in [2.45, 2.75) is 12.5 Å². The third-order valence-corrected chi connectivity index (χ3v) is 0.653. The molecule has 4 heteroatoms. The number of carbonyl (C=O) groups is 2. The Kier molecular flexibility index (Phi) is 2.79. The molecular weight excluding hydrogens is 110 g/mol. The van der Waals surface area contributed by atoms with E-state index in [2.05, 4.69) is 0 Å². The lowest BCUT2D eigenvalue weighted by Gasteiger charge is -2.06. The van der Waals surface area contributed by atoms with Crippen LogP contribution in [0.5, 0.6) is 0 Å². The standard InChI is InChI=1S/C4H7NO3/c5-3(1-2-6)4(7)8/h2-3H,1,5H2,(H,7,8)/p-1. The molecule has 1 unspecified atom stereocenters. The molecule has 0 spiro atoms. The van der Waals surface area contributed by atoms with Crippen molar-refractivity contribution in [1.82, 2.24) is 0 Å². The van der Waals surface area contributed by atoms with Crippen LogP contribution in [0.25, 0.3) is 0 Å². The number of nitrogens with two attached hydrogens (primary N) is 1. The van der Waals surface area contributed by atoms with Crippen molar-refractivity contribution in [1.29, 1.82) is 0 Å². The summed E-state index contributed by atoms with van der Waals surface area (Å²) in [6.07, 6.45) is 0.267. The number of aldehydes is 1. The molecule has 0 aromatic heterocycles. The van der Waals surface area contributed by atoms with Crippen LogP contribution in [-0.2, 0) is 9.59 Å². The Balaban J connectivity index is 3.46. The Morgan fingerprint density at radius 3 is 2.50 bits per heavy atom. The van der Waals surface area contributed by atoms with Gasteiger partial charge in [-0.15, -0.1) is 0 Å². The van der Waals surface area contributed by atoms with E-state index in [1.807, 2.05) is 0 Å². The number of carboxylic acids is 1. The van der Waals surface area contributed by atoms with Gasteiger partial charge in [-0.25, -0.2) is 0 Å². The minimum absolute atomic E-state index is 0.178. The second kappa shape index (κ2) is 3.15. The normalized spacial score (nSPS) is 12.6. The van der Waals surface area contributed by atoms with E-state index in [4.69, 9.17) is 5.73 Å². The molecule has 0 heterocycles. The van der Waals surface area contributed by atoms with E-state index in [9.17, 15) is 14.7 Å². The zero-order chi connectivity index (χ0) is 6.57. The smallest absolute Gasteiger partial charge is 0.121 e. The molecule has 0 saturated heterocycles. The maximum absolute atomic E-state index is 9.69. The van der Waals surface area contributed by atoms with Gasteiger partial charge in [-0.2, -0.15) is 0 Å². The molecule has 0 aliphatic rings. The van der Waals surface area contributed by atoms with Crippen LogP contribution in [0, 0.1) is 0 Å². The Hall–Kier alpha value is -0.900. The van der Waals surface area contributed by atoms with Crippen molar-refractivity contribution in [3.05, 3.63) is 0 Å². The Morgan fingerprint density at radius 1 is 1.88 bits per heavy atom. The Morgan fingerprint density at radius 2 is 2.38 bits per heavy atom. The molecule has 0 aliphatic carbocycles. The zero-order valence-corrected chi connectivity index (χ0v) is 4.16. The minimum atomic E-state index is -1.39. The fourth-order valence-electron chi connectivity index (χ4n) is 0.200. The van der Waals surface area contributed by atoms with Crippen LogP contribution >= 0.6 is 0 Å². The number of carbonyl (C=O) groups excluding carboxylic acids is 2. The minimum Gasteiger partial charge on any atom is -0.548 e. The lowest BCUT2D eigenvalue weighted by molar-refractivity contribution is -0.307. The third kappa shape index (κ3) is 2.30. The summed E-state index contributed by atoms with van der Waals surface area (Å²) >= 11 is 0. The molecular formula is C4H6NO3-. The largest absolute Gasteiger partial charge is 0.548 e. The van der Waals surface area contributed by atoms with Crippen LogP contribution in [0.15, 0.2) is 0 Å². The van der Waals surface area contributed by atoms with Crippen molar-refractivity contribution < 1.29 is 14.7 Å². The fraction of sp³-hybridized carbons (Fsp3) is 0.500. The highest BCUT2D eigenvalue weighted by Crippen LogP contribution is 1.77. The lowest BCUT2D eigenvalue weighted by Crippen LogP contribution is -2.41. The summed E-state index contributed by atoms with van der Waals surface area (Å²) in [5.74, 6) is -1.39. The predicted octanol–water partition coefficient (Wildman–Crippen LogP) is -2.35. The average molecular weight is 116 g/mol. The maximum atomic E-state index is 9.69. The molecule has 46 valence electrons. The maximum Gasteiger partial charge on any atom is 0.121 e. The van der Waals surface area contributed by atoms with Gasteiger partial charge in [0.15, 0.2) is 0 Å². The van der Waals surface area contributed by atoms with Crippen LogP contribution in [0.1, 0.15) is 6.42 Å². The van der Waals surface area contributed by atoms with E-state index in [0.717, 1.165) is 0 Å². The van der Waals surface area contributed by atoms with E-state index < -0.39 is 12.0 Å². The second-order valence-corrected chi connectivity index (χ2v) is 1.33. The number of hydrogen-bond acceptors (Lipinski definition) is 4. The van der Waals surface area contributed by atoms with Crippen LogP contribution in [-0.4, -0.2) is 18.3 Å². The molecule has 0 aliphatic heterocycles. The number of carboxylic acid groups (broad SMARTS) is 1. The first-order chi connectivity index (χ1) is 3.68. The summed E-state index contributed by atoms with van der Waals surface area (Å²) in [5.41, 5.74) is 4.83. The van der Waals surface area contributed by atoms with E-state index in [0.29, 0.717) is 6.29 Å². The monoisotopic (exact) mass is 116 g/mol. The highest BCUT2D eigenvalue weighted by Gasteiger charge is 1.98. The summed E-state index contributed by atoms with van der Waals surface area (Å²) in [7, 11) is 0. The molecule has 1 atom stereocenters. The van der Waals surface area contributed by atoms with Crippen molar-refractivity contribution in [3.8, 4) is 0 Å². The van der Waals surface area contributed by atoms with Crippen molar-refractivity contribution in [3.63, 3.8) is 0 Å². The van der Waals surface area contributed by atoms with Gasteiger partial charge < -0.3 is 20.4 Å². The number of aliphatic carboxylic acids is 1. The van der Waals surface area contributed by atoms with Gasteiger partial charge in [-0.1, -0.05) is 0 Å². The van der Waals surface area contributed by atoms with Gasteiger partial charge in [-0.05, 0) is 0 Å². The van der Waals surface area contributed by atoms with Crippen LogP contribution in [0.2, 0.25) is 0 Å². The molecule has 0 saturated carbocycles. The van der Waals surface area contributed by atoms with E-state index in [-0.39, 0.29) is 6.42 Å². The topological polar surface area (TPSA) is 83.2 Å². The van der Waals surface area contributed by atoms with Crippen molar-refractivity contribution in [2.24, 2.45) is 5.73 Å². The summed E-state index contributed by atoms with van der Waals surface area (Å²) in [5, 5.41) is 9.69. The van der Waals surface area contributed by atoms with Crippen molar-refractivity contribution >= 4 is 12.3 Å². The number of rotatable bonds is 3. The van der Waals surface area contributed by atoms with Crippen molar-refractivity contribution in [2.75, 3.05) is 0 Å². The van der Waals surface area contributed by atoms with Crippen LogP contribution in [0.4, 0.5) is 0 Å². The Bertz CT molecular complexity index is 101. The van der Waals surface area contributed by atoms with Gasteiger partial charge in [0.1, 0.15) is 6.29 Å².